The Morgan fingerprint density at radius 1 is 1.04 bits per heavy atom. The zero-order valence-electron chi connectivity index (χ0n) is 13.7. The van der Waals surface area contributed by atoms with Gasteiger partial charge in [-0.2, -0.15) is 0 Å². The molecule has 0 spiro atoms. The molecule has 1 amide bonds. The van der Waals surface area contributed by atoms with Crippen molar-refractivity contribution in [3.8, 4) is 0 Å². The number of anilines is 1. The van der Waals surface area contributed by atoms with E-state index in [1.807, 2.05) is 0 Å². The molecule has 0 fully saturated rings. The fraction of sp³-hybridized carbons (Fsp3) is 0.200. The van der Waals surface area contributed by atoms with Crippen LogP contribution in [0, 0.1) is 20.2 Å². The quantitative estimate of drug-likeness (QED) is 0.517. The van der Waals surface area contributed by atoms with E-state index < -0.39 is 9.85 Å². The third-order valence-electron chi connectivity index (χ3n) is 3.30. The SMILES string of the molecule is CC1=Nc2ccc([N+](=O)[O-])c3c([N+](=O)[O-])ccc(c23)N1.CN(C)C=O. The topological polar surface area (TPSA) is 131 Å². The molecule has 1 aliphatic heterocycles. The van der Waals surface area contributed by atoms with Crippen LogP contribution in [0.5, 0.6) is 0 Å². The van der Waals surface area contributed by atoms with Crippen LogP contribution < -0.4 is 5.32 Å². The fourth-order valence-corrected chi connectivity index (χ4v) is 2.35. The molecule has 0 unspecified atom stereocenters. The van der Waals surface area contributed by atoms with Crippen LogP contribution in [-0.2, 0) is 4.79 Å². The Morgan fingerprint density at radius 3 is 2.04 bits per heavy atom. The third kappa shape index (κ3) is 3.52. The van der Waals surface area contributed by atoms with Gasteiger partial charge in [-0.05, 0) is 19.1 Å². The maximum atomic E-state index is 11.1. The summed E-state index contributed by atoms with van der Waals surface area (Å²) in [7, 11) is 3.38. The van der Waals surface area contributed by atoms with Gasteiger partial charge in [0.2, 0.25) is 6.41 Å². The molecule has 0 saturated heterocycles. The highest BCUT2D eigenvalue weighted by Gasteiger charge is 2.27. The Balaban J connectivity index is 0.000000399. The second-order valence-corrected chi connectivity index (χ2v) is 5.39. The van der Waals surface area contributed by atoms with Gasteiger partial charge in [0.25, 0.3) is 11.4 Å². The molecule has 0 radical (unpaired) electrons. The number of nitro groups is 2. The number of nitrogens with one attached hydrogen (secondary N) is 1. The van der Waals surface area contributed by atoms with E-state index in [1.54, 1.807) is 21.0 Å². The van der Waals surface area contributed by atoms with Crippen molar-refractivity contribution in [3.63, 3.8) is 0 Å². The Labute approximate surface area is 142 Å². The summed E-state index contributed by atoms with van der Waals surface area (Å²) in [6, 6.07) is 5.54. The monoisotopic (exact) mass is 345 g/mol. The summed E-state index contributed by atoms with van der Waals surface area (Å²) in [6.07, 6.45) is 0.750. The third-order valence-corrected chi connectivity index (χ3v) is 3.30. The lowest BCUT2D eigenvalue weighted by atomic mass is 10.0. The maximum absolute atomic E-state index is 11.1. The van der Waals surface area contributed by atoms with Gasteiger partial charge in [-0.1, -0.05) is 0 Å². The first-order chi connectivity index (χ1) is 11.8. The minimum Gasteiger partial charge on any atom is -0.351 e. The Hall–Kier alpha value is -3.56. The molecular formula is C15H15N5O5. The van der Waals surface area contributed by atoms with E-state index in [0.29, 0.717) is 22.6 Å². The molecule has 2 aromatic rings. The highest BCUT2D eigenvalue weighted by atomic mass is 16.6. The zero-order valence-corrected chi connectivity index (χ0v) is 13.7. The minimum atomic E-state index is -0.624. The number of rotatable bonds is 3. The summed E-state index contributed by atoms with van der Waals surface area (Å²) in [5.41, 5.74) is 0.472. The van der Waals surface area contributed by atoms with Crippen LogP contribution in [0.3, 0.4) is 0 Å². The van der Waals surface area contributed by atoms with E-state index in [9.17, 15) is 25.0 Å². The lowest BCUT2D eigenvalue weighted by Crippen LogP contribution is -2.11. The van der Waals surface area contributed by atoms with Gasteiger partial charge in [0, 0.05) is 31.6 Å². The molecular weight excluding hydrogens is 330 g/mol. The number of hydrogen-bond donors (Lipinski definition) is 1. The van der Waals surface area contributed by atoms with Crippen LogP contribution in [0.1, 0.15) is 6.92 Å². The lowest BCUT2D eigenvalue weighted by molar-refractivity contribution is -0.390. The number of amidine groups is 1. The second kappa shape index (κ2) is 6.91. The number of hydrogen-bond acceptors (Lipinski definition) is 7. The number of carbonyl (C=O) groups excluding carboxylic acids is 1. The molecule has 0 bridgehead atoms. The molecule has 0 aliphatic carbocycles. The molecule has 0 atom stereocenters. The first-order valence-electron chi connectivity index (χ1n) is 7.08. The predicted molar refractivity (Wildman–Crippen MR) is 93.4 cm³/mol. The summed E-state index contributed by atoms with van der Waals surface area (Å²) in [4.78, 5) is 36.1. The normalized spacial score (nSPS) is 11.6. The number of nitrogens with zero attached hydrogens (tertiary/aromatic N) is 4. The molecule has 2 aromatic carbocycles. The predicted octanol–water partition coefficient (Wildman–Crippen LogP) is 2.84. The smallest absolute Gasteiger partial charge is 0.284 e. The molecule has 1 N–H and O–H groups in total. The zero-order chi connectivity index (χ0) is 18.7. The van der Waals surface area contributed by atoms with Crippen LogP contribution in [0.2, 0.25) is 0 Å². The van der Waals surface area contributed by atoms with E-state index in [-0.39, 0.29) is 16.8 Å². The average molecular weight is 345 g/mol. The van der Waals surface area contributed by atoms with Crippen LogP contribution >= 0.6 is 0 Å². The van der Waals surface area contributed by atoms with Crippen molar-refractivity contribution in [1.29, 1.82) is 0 Å². The fourth-order valence-electron chi connectivity index (χ4n) is 2.35. The lowest BCUT2D eigenvalue weighted by Gasteiger charge is -2.16. The van der Waals surface area contributed by atoms with Gasteiger partial charge in [-0.15, -0.1) is 0 Å². The maximum Gasteiger partial charge on any atom is 0.284 e. The minimum absolute atomic E-state index is 0.00116. The van der Waals surface area contributed by atoms with Gasteiger partial charge in [-0.25, -0.2) is 4.99 Å². The van der Waals surface area contributed by atoms with Crippen LogP contribution in [0.4, 0.5) is 22.7 Å². The summed E-state index contributed by atoms with van der Waals surface area (Å²) in [5, 5.41) is 25.6. The number of benzene rings is 2. The van der Waals surface area contributed by atoms with Gasteiger partial charge >= 0.3 is 0 Å². The molecule has 1 heterocycles. The summed E-state index contributed by atoms with van der Waals surface area (Å²) in [5.74, 6) is 0.626. The Morgan fingerprint density at radius 2 is 1.56 bits per heavy atom. The molecule has 0 aromatic heterocycles. The number of aliphatic imine (C=N–C) groups is 1. The number of nitro benzene ring substituents is 2. The largest absolute Gasteiger partial charge is 0.351 e. The van der Waals surface area contributed by atoms with Crippen molar-refractivity contribution >= 4 is 45.8 Å². The molecule has 1 aliphatic rings. The average Bonchev–Trinajstić information content (AvgIpc) is 2.54. The van der Waals surface area contributed by atoms with Crippen molar-refractivity contribution in [2.24, 2.45) is 4.99 Å². The van der Waals surface area contributed by atoms with Gasteiger partial charge in [-0.3, -0.25) is 25.0 Å². The highest BCUT2D eigenvalue weighted by Crippen LogP contribution is 2.44. The van der Waals surface area contributed by atoms with Gasteiger partial charge in [0.1, 0.15) is 11.2 Å². The number of non-ortho nitro benzene ring substituents is 2. The molecule has 0 saturated carbocycles. The van der Waals surface area contributed by atoms with Crippen molar-refractivity contribution < 1.29 is 14.6 Å². The van der Waals surface area contributed by atoms with Gasteiger partial charge < -0.3 is 10.2 Å². The van der Waals surface area contributed by atoms with Crippen molar-refractivity contribution in [1.82, 2.24) is 4.90 Å². The van der Waals surface area contributed by atoms with Crippen LogP contribution in [0.25, 0.3) is 10.8 Å². The number of carbonyl (C=O) groups is 1. The molecule has 130 valence electrons. The first-order valence-corrected chi connectivity index (χ1v) is 7.08. The van der Waals surface area contributed by atoms with E-state index in [4.69, 9.17) is 0 Å². The summed E-state index contributed by atoms with van der Waals surface area (Å²) in [6.45, 7) is 1.75. The summed E-state index contributed by atoms with van der Waals surface area (Å²) < 4.78 is 0. The van der Waals surface area contributed by atoms with Gasteiger partial charge in [0.05, 0.1) is 21.2 Å². The van der Waals surface area contributed by atoms with Crippen molar-refractivity contribution in [2.45, 2.75) is 6.92 Å². The number of amides is 1. The molecule has 10 heteroatoms. The first kappa shape index (κ1) is 17.8. The van der Waals surface area contributed by atoms with E-state index >= 15 is 0 Å². The van der Waals surface area contributed by atoms with Crippen LogP contribution in [-0.4, -0.2) is 41.1 Å². The molecule has 3 rings (SSSR count). The van der Waals surface area contributed by atoms with E-state index in [2.05, 4.69) is 10.3 Å². The van der Waals surface area contributed by atoms with Crippen molar-refractivity contribution in [2.75, 3.05) is 19.4 Å². The van der Waals surface area contributed by atoms with E-state index in [0.717, 1.165) is 6.41 Å². The van der Waals surface area contributed by atoms with Crippen LogP contribution in [0.15, 0.2) is 29.3 Å². The highest BCUT2D eigenvalue weighted by molar-refractivity contribution is 6.17. The second-order valence-electron chi connectivity index (χ2n) is 5.39. The summed E-state index contributed by atoms with van der Waals surface area (Å²) >= 11 is 0. The molecule has 10 nitrogen and oxygen atoms in total. The van der Waals surface area contributed by atoms with Gasteiger partial charge in [0.15, 0.2) is 0 Å². The van der Waals surface area contributed by atoms with E-state index in [1.165, 1.54) is 29.2 Å². The molecule has 25 heavy (non-hydrogen) atoms. The Kier molecular flexibility index (Phi) is 4.92. The Bertz CT molecular complexity index is 887. The van der Waals surface area contributed by atoms with Crippen molar-refractivity contribution in [3.05, 3.63) is 44.5 Å². The standard InChI is InChI=1S/C12H8N4O4.C3H7NO/c1-6-13-7-2-4-9(15(17)18)12-10(16(19)20)5-3-8(14-6)11(7)12;1-4(2)3-5/h2-5H,1H3,(H,13,14);3H,1-2H3.